The lowest BCUT2D eigenvalue weighted by molar-refractivity contribution is 0.640. The molecule has 1 aromatic carbocycles. The van der Waals surface area contributed by atoms with Crippen LogP contribution in [0, 0.1) is 6.92 Å². The van der Waals surface area contributed by atoms with Crippen molar-refractivity contribution >= 4 is 0 Å². The van der Waals surface area contributed by atoms with E-state index in [1.54, 1.807) is 0 Å². The summed E-state index contributed by atoms with van der Waals surface area (Å²) in [5.74, 6) is 0. The molecule has 0 spiro atoms. The van der Waals surface area contributed by atoms with Gasteiger partial charge in [0.2, 0.25) is 0 Å². The van der Waals surface area contributed by atoms with Gasteiger partial charge >= 0.3 is 0 Å². The van der Waals surface area contributed by atoms with Gasteiger partial charge in [-0.1, -0.05) is 24.3 Å². The highest BCUT2D eigenvalue weighted by Gasteiger charge is 2.05. The van der Waals surface area contributed by atoms with Crippen LogP contribution in [0.2, 0.25) is 0 Å². The molecule has 1 N–H and O–H groups in total. The summed E-state index contributed by atoms with van der Waals surface area (Å²) in [4.78, 5) is 4.31. The van der Waals surface area contributed by atoms with Crippen molar-refractivity contribution in [3.05, 3.63) is 77.9 Å². The Morgan fingerprint density at radius 3 is 2.65 bits per heavy atom. The second-order valence-electron chi connectivity index (χ2n) is 5.62. The molecule has 0 unspecified atom stereocenters. The van der Waals surface area contributed by atoms with Gasteiger partial charge in [0.25, 0.3) is 0 Å². The zero-order valence-electron chi connectivity index (χ0n) is 13.4. The highest BCUT2D eigenvalue weighted by Crippen LogP contribution is 2.13. The molecule has 23 heavy (non-hydrogen) atoms. The third-order valence-corrected chi connectivity index (χ3v) is 3.85. The van der Waals surface area contributed by atoms with Crippen LogP contribution in [-0.4, -0.2) is 21.3 Å². The average Bonchev–Trinajstić information content (AvgIpc) is 2.97. The number of hydrogen-bond acceptors (Lipinski definition) is 3. The molecule has 0 amide bonds. The average molecular weight is 306 g/mol. The number of hydrogen-bond donors (Lipinski definition) is 1. The normalized spacial score (nSPS) is 10.8. The maximum Gasteiger partial charge on any atom is 0.0645 e. The molecular formula is C19H22N4. The largest absolute Gasteiger partial charge is 0.311 e. The van der Waals surface area contributed by atoms with E-state index >= 15 is 0 Å². The lowest BCUT2D eigenvalue weighted by Gasteiger charge is -2.03. The van der Waals surface area contributed by atoms with E-state index in [1.807, 2.05) is 47.3 Å². The van der Waals surface area contributed by atoms with Crippen LogP contribution in [0.25, 0.3) is 5.69 Å². The number of aromatic nitrogens is 3. The molecule has 0 radical (unpaired) electrons. The maximum atomic E-state index is 4.61. The molecule has 0 atom stereocenters. The Kier molecular flexibility index (Phi) is 5.17. The molecule has 0 aliphatic rings. The Morgan fingerprint density at radius 1 is 1.04 bits per heavy atom. The fourth-order valence-corrected chi connectivity index (χ4v) is 2.58. The first-order valence-electron chi connectivity index (χ1n) is 8.04. The lowest BCUT2D eigenvalue weighted by Crippen LogP contribution is -2.16. The van der Waals surface area contributed by atoms with Crippen LogP contribution in [0.1, 0.15) is 23.4 Å². The molecule has 4 heteroatoms. The molecule has 118 valence electrons. The van der Waals surface area contributed by atoms with E-state index in [2.05, 4.69) is 40.7 Å². The van der Waals surface area contributed by atoms with Crippen molar-refractivity contribution < 1.29 is 0 Å². The number of benzene rings is 1. The third kappa shape index (κ3) is 4.27. The standard InChI is InChI=1S/C19H22N4/c1-16-17(15-23(22-16)19-10-3-2-4-11-19)8-7-12-20-14-18-9-5-6-13-21-18/h2-6,9-11,13,15,20H,7-8,12,14H2,1H3. The Morgan fingerprint density at radius 2 is 1.87 bits per heavy atom. The van der Waals surface area contributed by atoms with Crippen molar-refractivity contribution in [2.45, 2.75) is 26.3 Å². The molecule has 0 saturated heterocycles. The first-order valence-corrected chi connectivity index (χ1v) is 8.04. The predicted octanol–water partition coefficient (Wildman–Crippen LogP) is 3.30. The smallest absolute Gasteiger partial charge is 0.0645 e. The number of nitrogens with one attached hydrogen (secondary N) is 1. The van der Waals surface area contributed by atoms with Crippen LogP contribution in [0.4, 0.5) is 0 Å². The Balaban J connectivity index is 1.48. The Bertz CT molecular complexity index is 720. The van der Waals surface area contributed by atoms with Crippen LogP contribution >= 0.6 is 0 Å². The van der Waals surface area contributed by atoms with Gasteiger partial charge in [0.1, 0.15) is 0 Å². The second-order valence-corrected chi connectivity index (χ2v) is 5.62. The molecular weight excluding hydrogens is 284 g/mol. The minimum absolute atomic E-state index is 0.823. The van der Waals surface area contributed by atoms with E-state index in [0.717, 1.165) is 43.0 Å². The van der Waals surface area contributed by atoms with Crippen molar-refractivity contribution in [3.8, 4) is 5.69 Å². The van der Waals surface area contributed by atoms with Crippen molar-refractivity contribution in [3.63, 3.8) is 0 Å². The summed E-state index contributed by atoms with van der Waals surface area (Å²) in [6.07, 6.45) is 6.10. The molecule has 2 aromatic heterocycles. The van der Waals surface area contributed by atoms with Crippen LogP contribution in [0.3, 0.4) is 0 Å². The van der Waals surface area contributed by atoms with Gasteiger partial charge in [-0.25, -0.2) is 4.68 Å². The number of aryl methyl sites for hydroxylation is 2. The zero-order valence-corrected chi connectivity index (χ0v) is 13.4. The molecule has 4 nitrogen and oxygen atoms in total. The number of para-hydroxylation sites is 1. The number of rotatable bonds is 7. The minimum atomic E-state index is 0.823. The first-order chi connectivity index (χ1) is 11.3. The number of nitrogens with zero attached hydrogens (tertiary/aromatic N) is 3. The summed E-state index contributed by atoms with van der Waals surface area (Å²) in [5, 5.41) is 8.05. The van der Waals surface area contributed by atoms with Crippen LogP contribution < -0.4 is 5.32 Å². The fourth-order valence-electron chi connectivity index (χ4n) is 2.58. The summed E-state index contributed by atoms with van der Waals surface area (Å²) in [5.41, 5.74) is 4.61. The van der Waals surface area contributed by atoms with Gasteiger partial charge in [0, 0.05) is 18.9 Å². The highest BCUT2D eigenvalue weighted by atomic mass is 15.3. The molecule has 0 aliphatic carbocycles. The molecule has 0 aliphatic heterocycles. The highest BCUT2D eigenvalue weighted by molar-refractivity contribution is 5.32. The topological polar surface area (TPSA) is 42.7 Å². The van der Waals surface area contributed by atoms with Crippen molar-refractivity contribution in [2.24, 2.45) is 0 Å². The summed E-state index contributed by atoms with van der Waals surface area (Å²) in [6.45, 7) is 3.88. The van der Waals surface area contributed by atoms with Gasteiger partial charge in [0.15, 0.2) is 0 Å². The molecule has 0 saturated carbocycles. The summed E-state index contributed by atoms with van der Waals surface area (Å²) >= 11 is 0. The van der Waals surface area contributed by atoms with Crippen LogP contribution in [-0.2, 0) is 13.0 Å². The van der Waals surface area contributed by atoms with Crippen molar-refractivity contribution in [1.29, 1.82) is 0 Å². The second kappa shape index (κ2) is 7.70. The fraction of sp³-hybridized carbons (Fsp3) is 0.263. The minimum Gasteiger partial charge on any atom is -0.311 e. The molecule has 0 fully saturated rings. The van der Waals surface area contributed by atoms with Gasteiger partial charge in [-0.2, -0.15) is 5.10 Å². The molecule has 2 heterocycles. The summed E-state index contributed by atoms with van der Waals surface area (Å²) in [7, 11) is 0. The SMILES string of the molecule is Cc1nn(-c2ccccc2)cc1CCCNCc1ccccn1. The van der Waals surface area contributed by atoms with Crippen molar-refractivity contribution in [1.82, 2.24) is 20.1 Å². The zero-order chi connectivity index (χ0) is 15.9. The lowest BCUT2D eigenvalue weighted by atomic mass is 10.1. The molecule has 3 rings (SSSR count). The van der Waals surface area contributed by atoms with Crippen LogP contribution in [0.15, 0.2) is 60.9 Å². The van der Waals surface area contributed by atoms with E-state index in [1.165, 1.54) is 5.56 Å². The van der Waals surface area contributed by atoms with E-state index in [0.29, 0.717) is 0 Å². The van der Waals surface area contributed by atoms with E-state index in [4.69, 9.17) is 0 Å². The van der Waals surface area contributed by atoms with Gasteiger partial charge < -0.3 is 5.32 Å². The quantitative estimate of drug-likeness (QED) is 0.681. The van der Waals surface area contributed by atoms with Gasteiger partial charge in [0.05, 0.1) is 17.1 Å². The summed E-state index contributed by atoms with van der Waals surface area (Å²) < 4.78 is 1.96. The van der Waals surface area contributed by atoms with Crippen molar-refractivity contribution in [2.75, 3.05) is 6.54 Å². The predicted molar refractivity (Wildman–Crippen MR) is 92.6 cm³/mol. The third-order valence-electron chi connectivity index (χ3n) is 3.85. The van der Waals surface area contributed by atoms with E-state index in [9.17, 15) is 0 Å². The van der Waals surface area contributed by atoms with E-state index in [-0.39, 0.29) is 0 Å². The molecule has 3 aromatic rings. The maximum absolute atomic E-state index is 4.61. The van der Waals surface area contributed by atoms with Crippen LogP contribution in [0.5, 0.6) is 0 Å². The summed E-state index contributed by atoms with van der Waals surface area (Å²) in [6, 6.07) is 16.2. The molecule has 0 bridgehead atoms. The van der Waals surface area contributed by atoms with E-state index < -0.39 is 0 Å². The first kappa shape index (κ1) is 15.4. The number of pyridine rings is 1. The monoisotopic (exact) mass is 306 g/mol. The van der Waals surface area contributed by atoms with Gasteiger partial charge in [-0.3, -0.25) is 4.98 Å². The van der Waals surface area contributed by atoms with Gasteiger partial charge in [-0.05, 0) is 56.1 Å². The Labute approximate surface area is 137 Å². The Hall–Kier alpha value is -2.46. The van der Waals surface area contributed by atoms with Gasteiger partial charge in [-0.15, -0.1) is 0 Å².